The van der Waals surface area contributed by atoms with Crippen LogP contribution in [0.15, 0.2) is 30.3 Å². The highest BCUT2D eigenvalue weighted by Crippen LogP contribution is 2.19. The largest absolute Gasteiger partial charge is 0.309 e. The van der Waals surface area contributed by atoms with Crippen molar-refractivity contribution in [3.05, 3.63) is 35.9 Å². The van der Waals surface area contributed by atoms with Crippen molar-refractivity contribution in [2.24, 2.45) is 10.8 Å². The van der Waals surface area contributed by atoms with Crippen LogP contribution >= 0.6 is 0 Å². The second-order valence-electron chi connectivity index (χ2n) is 8.02. The summed E-state index contributed by atoms with van der Waals surface area (Å²) < 4.78 is 0. The maximum Gasteiger partial charge on any atom is 0.00239 e. The average molecular weight is 263 g/mol. The van der Waals surface area contributed by atoms with Crippen molar-refractivity contribution in [1.82, 2.24) is 4.90 Å². The first-order valence-electron chi connectivity index (χ1n) is 7.18. The van der Waals surface area contributed by atoms with Gasteiger partial charge in [-0.3, -0.25) is 0 Å². The third-order valence-corrected chi connectivity index (χ3v) is 2.37. The molecule has 0 bridgehead atoms. The Labute approximate surface area is 121 Å². The first-order chi connectivity index (χ1) is 8.49. The Hall–Kier alpha value is -0.820. The lowest BCUT2D eigenvalue weighted by atomic mass is 9.88. The van der Waals surface area contributed by atoms with Crippen LogP contribution in [0.5, 0.6) is 0 Å². The minimum atomic E-state index is 0.404. The smallest absolute Gasteiger partial charge is 0.00239 e. The van der Waals surface area contributed by atoms with E-state index in [0.717, 1.165) is 13.0 Å². The summed E-state index contributed by atoms with van der Waals surface area (Å²) in [5, 5.41) is 0. The summed E-state index contributed by atoms with van der Waals surface area (Å²) in [6, 6.07) is 10.6. The molecule has 0 aliphatic rings. The van der Waals surface area contributed by atoms with Gasteiger partial charge in [-0.15, -0.1) is 0 Å². The molecule has 1 heteroatoms. The van der Waals surface area contributed by atoms with Gasteiger partial charge in [-0.05, 0) is 36.9 Å². The van der Waals surface area contributed by atoms with Gasteiger partial charge in [0.05, 0.1) is 0 Å². The second-order valence-corrected chi connectivity index (χ2v) is 8.02. The second kappa shape index (κ2) is 7.69. The maximum absolute atomic E-state index is 2.26. The predicted molar refractivity (Wildman–Crippen MR) is 87.6 cm³/mol. The van der Waals surface area contributed by atoms with Crippen molar-refractivity contribution >= 4 is 0 Å². The third-order valence-electron chi connectivity index (χ3n) is 2.37. The average Bonchev–Trinajstić information content (AvgIpc) is 2.12. The minimum absolute atomic E-state index is 0.404. The van der Waals surface area contributed by atoms with E-state index in [-0.39, 0.29) is 0 Å². The Morgan fingerprint density at radius 3 is 1.53 bits per heavy atom. The summed E-state index contributed by atoms with van der Waals surface area (Å²) in [5.74, 6) is 0. The van der Waals surface area contributed by atoms with Gasteiger partial charge in [0, 0.05) is 6.54 Å². The van der Waals surface area contributed by atoms with Gasteiger partial charge in [0.15, 0.2) is 0 Å². The van der Waals surface area contributed by atoms with Crippen molar-refractivity contribution in [1.29, 1.82) is 0 Å². The first kappa shape index (κ1) is 18.2. The van der Waals surface area contributed by atoms with Crippen LogP contribution in [0.3, 0.4) is 0 Å². The maximum atomic E-state index is 2.26. The van der Waals surface area contributed by atoms with Gasteiger partial charge in [-0.25, -0.2) is 0 Å². The highest BCUT2D eigenvalue weighted by Gasteiger charge is 2.10. The molecule has 0 N–H and O–H groups in total. The van der Waals surface area contributed by atoms with E-state index >= 15 is 0 Å². The predicted octanol–water partition coefficient (Wildman–Crippen LogP) is 4.87. The Balaban J connectivity index is 0.000000362. The molecule has 0 saturated carbocycles. The molecule has 0 aliphatic carbocycles. The Morgan fingerprint density at radius 2 is 1.26 bits per heavy atom. The van der Waals surface area contributed by atoms with E-state index in [0.29, 0.717) is 10.8 Å². The van der Waals surface area contributed by atoms with E-state index in [1.54, 1.807) is 0 Å². The van der Waals surface area contributed by atoms with Crippen LogP contribution in [0.4, 0.5) is 0 Å². The van der Waals surface area contributed by atoms with Crippen LogP contribution in [-0.4, -0.2) is 25.5 Å². The molecular weight excluding hydrogens is 230 g/mol. The summed E-state index contributed by atoms with van der Waals surface area (Å²) in [7, 11) is 4.20. The zero-order valence-electron chi connectivity index (χ0n) is 14.2. The molecular formula is C18H33N. The molecule has 110 valence electrons. The molecule has 19 heavy (non-hydrogen) atoms. The molecule has 0 radical (unpaired) electrons. The summed E-state index contributed by atoms with van der Waals surface area (Å²) in [4.78, 5) is 2.21. The van der Waals surface area contributed by atoms with Crippen LogP contribution in [0.2, 0.25) is 0 Å². The molecule has 0 heterocycles. The number of nitrogens with zero attached hydrogens (tertiary/aromatic N) is 1. The van der Waals surface area contributed by atoms with Crippen molar-refractivity contribution in [3.63, 3.8) is 0 Å². The molecule has 0 unspecified atom stereocenters. The molecule has 0 aromatic heterocycles. The lowest BCUT2D eigenvalue weighted by molar-refractivity contribution is 0.263. The molecule has 1 rings (SSSR count). The van der Waals surface area contributed by atoms with Crippen molar-refractivity contribution in [3.8, 4) is 0 Å². The monoisotopic (exact) mass is 263 g/mol. The SMILES string of the molecule is CC(C)(C)Cc1ccccc1.CN(C)CC(C)(C)C. The molecule has 1 aromatic rings. The zero-order valence-corrected chi connectivity index (χ0v) is 14.2. The molecule has 1 nitrogen and oxygen atoms in total. The van der Waals surface area contributed by atoms with Crippen molar-refractivity contribution < 1.29 is 0 Å². The van der Waals surface area contributed by atoms with Gasteiger partial charge < -0.3 is 4.90 Å². The summed E-state index contributed by atoms with van der Waals surface area (Å²) in [6.07, 6.45) is 1.16. The fourth-order valence-electron chi connectivity index (χ4n) is 2.16. The number of hydrogen-bond donors (Lipinski definition) is 0. The molecule has 0 aliphatic heterocycles. The van der Waals surface area contributed by atoms with Gasteiger partial charge >= 0.3 is 0 Å². The quantitative estimate of drug-likeness (QED) is 0.736. The topological polar surface area (TPSA) is 3.24 Å². The summed E-state index contributed by atoms with van der Waals surface area (Å²) in [6.45, 7) is 14.7. The fourth-order valence-corrected chi connectivity index (χ4v) is 2.16. The third kappa shape index (κ3) is 13.4. The minimum Gasteiger partial charge on any atom is -0.309 e. The number of hydrogen-bond acceptors (Lipinski definition) is 1. The van der Waals surface area contributed by atoms with Crippen molar-refractivity contribution in [2.75, 3.05) is 20.6 Å². The lowest BCUT2D eigenvalue weighted by Crippen LogP contribution is -2.25. The van der Waals surface area contributed by atoms with Crippen LogP contribution in [0, 0.1) is 10.8 Å². The summed E-state index contributed by atoms with van der Waals surface area (Å²) >= 11 is 0. The lowest BCUT2D eigenvalue weighted by Gasteiger charge is -2.22. The molecule has 0 spiro atoms. The number of rotatable bonds is 2. The van der Waals surface area contributed by atoms with Crippen LogP contribution in [-0.2, 0) is 6.42 Å². The van der Waals surface area contributed by atoms with Gasteiger partial charge in [0.25, 0.3) is 0 Å². The highest BCUT2D eigenvalue weighted by molar-refractivity contribution is 5.15. The number of benzene rings is 1. The van der Waals surface area contributed by atoms with Crippen molar-refractivity contribution in [2.45, 2.75) is 48.0 Å². The zero-order chi connectivity index (χ0) is 15.1. The van der Waals surface area contributed by atoms with Gasteiger partial charge in [0.1, 0.15) is 0 Å². The standard InChI is InChI=1S/C11H16.C7H17N/c1-11(2,3)9-10-7-5-4-6-8-10;1-7(2,3)6-8(4)5/h4-8H,9H2,1-3H3;6H2,1-5H3. The van der Waals surface area contributed by atoms with Gasteiger partial charge in [-0.1, -0.05) is 71.9 Å². The molecule has 0 fully saturated rings. The van der Waals surface area contributed by atoms with Gasteiger partial charge in [0.2, 0.25) is 0 Å². The molecule has 0 atom stereocenters. The highest BCUT2D eigenvalue weighted by atomic mass is 15.1. The molecule has 0 saturated heterocycles. The Morgan fingerprint density at radius 1 is 0.789 bits per heavy atom. The summed E-state index contributed by atoms with van der Waals surface area (Å²) in [5.41, 5.74) is 2.28. The van der Waals surface area contributed by atoms with E-state index in [4.69, 9.17) is 0 Å². The van der Waals surface area contributed by atoms with E-state index in [9.17, 15) is 0 Å². The fraction of sp³-hybridized carbons (Fsp3) is 0.667. The van der Waals surface area contributed by atoms with Crippen LogP contribution in [0.1, 0.15) is 47.1 Å². The Kier molecular flexibility index (Phi) is 7.36. The van der Waals surface area contributed by atoms with E-state index in [1.165, 1.54) is 5.56 Å². The molecule has 0 amide bonds. The van der Waals surface area contributed by atoms with Crippen LogP contribution in [0.25, 0.3) is 0 Å². The molecule has 1 aromatic carbocycles. The van der Waals surface area contributed by atoms with E-state index < -0.39 is 0 Å². The van der Waals surface area contributed by atoms with Gasteiger partial charge in [-0.2, -0.15) is 0 Å². The van der Waals surface area contributed by atoms with Crippen LogP contribution < -0.4 is 0 Å². The Bertz CT molecular complexity index is 325. The van der Waals surface area contributed by atoms with E-state index in [2.05, 4.69) is 90.9 Å². The normalized spacial score (nSPS) is 12.1. The first-order valence-corrected chi connectivity index (χ1v) is 7.18. The van der Waals surface area contributed by atoms with E-state index in [1.807, 2.05) is 0 Å².